The molecule has 0 bridgehead atoms. The second-order valence-corrected chi connectivity index (χ2v) is 3.59. The lowest BCUT2D eigenvalue weighted by molar-refractivity contribution is 0.296. The van der Waals surface area contributed by atoms with Crippen LogP contribution in [0.4, 0.5) is 0 Å². The third-order valence-electron chi connectivity index (χ3n) is 2.78. The van der Waals surface area contributed by atoms with Crippen molar-refractivity contribution in [3.63, 3.8) is 0 Å². The Morgan fingerprint density at radius 2 is 2.31 bits per heavy atom. The highest BCUT2D eigenvalue weighted by Gasteiger charge is 2.21. The van der Waals surface area contributed by atoms with Gasteiger partial charge in [-0.05, 0) is 31.4 Å². The molecule has 0 spiro atoms. The van der Waals surface area contributed by atoms with Gasteiger partial charge in [0.2, 0.25) is 0 Å². The van der Waals surface area contributed by atoms with E-state index in [2.05, 4.69) is 20.8 Å². The van der Waals surface area contributed by atoms with Crippen molar-refractivity contribution in [1.82, 2.24) is 14.8 Å². The molecule has 0 aromatic carbocycles. The molecule has 0 saturated heterocycles. The first-order valence-electron chi connectivity index (χ1n) is 4.73. The number of pyridine rings is 1. The topological polar surface area (TPSA) is 30.7 Å². The summed E-state index contributed by atoms with van der Waals surface area (Å²) in [7, 11) is 0. The van der Waals surface area contributed by atoms with E-state index < -0.39 is 0 Å². The number of hydrogen-bond acceptors (Lipinski definition) is 2. The summed E-state index contributed by atoms with van der Waals surface area (Å²) in [6.45, 7) is 0. The maximum atomic E-state index is 4.37. The van der Waals surface area contributed by atoms with Crippen LogP contribution in [0, 0.1) is 0 Å². The Kier molecular flexibility index (Phi) is 1.39. The summed E-state index contributed by atoms with van der Waals surface area (Å²) in [5.41, 5.74) is 1.03. The van der Waals surface area contributed by atoms with E-state index in [1.54, 1.807) is 0 Å². The Morgan fingerprint density at radius 1 is 1.38 bits per heavy atom. The highest BCUT2D eigenvalue weighted by atomic mass is 15.3. The molecule has 1 aliphatic rings. The molecule has 0 N–H and O–H groups in total. The monoisotopic (exact) mass is 173 g/mol. The van der Waals surface area contributed by atoms with Crippen LogP contribution < -0.4 is 0 Å². The molecule has 66 valence electrons. The first-order valence-corrected chi connectivity index (χ1v) is 4.73. The van der Waals surface area contributed by atoms with Crippen LogP contribution in [0.25, 0.3) is 11.0 Å². The van der Waals surface area contributed by atoms with E-state index in [0.29, 0.717) is 6.04 Å². The zero-order valence-electron chi connectivity index (χ0n) is 7.35. The molecule has 0 atom stereocenters. The molecule has 0 radical (unpaired) electrons. The zero-order chi connectivity index (χ0) is 8.67. The second-order valence-electron chi connectivity index (χ2n) is 3.59. The fourth-order valence-corrected chi connectivity index (χ4v) is 1.78. The van der Waals surface area contributed by atoms with Gasteiger partial charge in [0, 0.05) is 11.6 Å². The first-order chi connectivity index (χ1) is 6.45. The molecular formula is C10H11N3. The quantitative estimate of drug-likeness (QED) is 0.661. The molecule has 13 heavy (non-hydrogen) atoms. The van der Waals surface area contributed by atoms with E-state index in [-0.39, 0.29) is 0 Å². The highest BCUT2D eigenvalue weighted by Crippen LogP contribution is 2.32. The maximum absolute atomic E-state index is 4.37. The smallest absolute Gasteiger partial charge is 0.157 e. The van der Waals surface area contributed by atoms with Crippen LogP contribution in [-0.4, -0.2) is 14.8 Å². The molecule has 2 heterocycles. The number of fused-ring (bicyclic) bond motifs is 1. The molecule has 1 saturated carbocycles. The van der Waals surface area contributed by atoms with Gasteiger partial charge in [-0.15, -0.1) is 0 Å². The van der Waals surface area contributed by atoms with Crippen LogP contribution >= 0.6 is 0 Å². The molecule has 3 nitrogen and oxygen atoms in total. The van der Waals surface area contributed by atoms with Crippen LogP contribution in [-0.2, 0) is 0 Å². The van der Waals surface area contributed by atoms with Crippen molar-refractivity contribution in [3.8, 4) is 0 Å². The number of rotatable bonds is 1. The summed E-state index contributed by atoms with van der Waals surface area (Å²) in [5, 5.41) is 5.52. The van der Waals surface area contributed by atoms with E-state index in [4.69, 9.17) is 0 Å². The van der Waals surface area contributed by atoms with Crippen molar-refractivity contribution >= 4 is 11.0 Å². The minimum atomic E-state index is 0.604. The molecule has 2 aromatic heterocycles. The predicted molar refractivity (Wildman–Crippen MR) is 50.4 cm³/mol. The van der Waals surface area contributed by atoms with E-state index in [1.165, 1.54) is 19.3 Å². The van der Waals surface area contributed by atoms with Crippen molar-refractivity contribution in [3.05, 3.63) is 24.5 Å². The predicted octanol–water partition coefficient (Wildman–Crippen LogP) is 2.16. The van der Waals surface area contributed by atoms with Gasteiger partial charge in [-0.1, -0.05) is 0 Å². The van der Waals surface area contributed by atoms with E-state index in [0.717, 1.165) is 11.0 Å². The summed E-state index contributed by atoms with van der Waals surface area (Å²) in [5.74, 6) is 0. The molecule has 3 heteroatoms. The van der Waals surface area contributed by atoms with Crippen molar-refractivity contribution < 1.29 is 0 Å². The van der Waals surface area contributed by atoms with Gasteiger partial charge in [-0.2, -0.15) is 5.10 Å². The van der Waals surface area contributed by atoms with E-state index >= 15 is 0 Å². The molecule has 0 unspecified atom stereocenters. The van der Waals surface area contributed by atoms with Gasteiger partial charge in [0.15, 0.2) is 5.65 Å². The summed E-state index contributed by atoms with van der Waals surface area (Å²) < 4.78 is 2.07. The van der Waals surface area contributed by atoms with Crippen molar-refractivity contribution in [2.24, 2.45) is 0 Å². The lowest BCUT2D eigenvalue weighted by atomic mass is 9.93. The van der Waals surface area contributed by atoms with Gasteiger partial charge in [0.25, 0.3) is 0 Å². The number of nitrogens with zero attached hydrogens (tertiary/aromatic N) is 3. The van der Waals surface area contributed by atoms with Gasteiger partial charge in [-0.25, -0.2) is 9.67 Å². The lowest BCUT2D eigenvalue weighted by Gasteiger charge is -2.25. The summed E-state index contributed by atoms with van der Waals surface area (Å²) >= 11 is 0. The van der Waals surface area contributed by atoms with Gasteiger partial charge < -0.3 is 0 Å². The molecule has 3 rings (SSSR count). The van der Waals surface area contributed by atoms with Crippen molar-refractivity contribution in [2.75, 3.05) is 0 Å². The number of aromatic nitrogens is 3. The van der Waals surface area contributed by atoms with E-state index in [1.807, 2.05) is 18.5 Å². The third-order valence-corrected chi connectivity index (χ3v) is 2.78. The minimum Gasteiger partial charge on any atom is -0.244 e. The summed E-state index contributed by atoms with van der Waals surface area (Å²) in [6.07, 6.45) is 7.58. The fraction of sp³-hybridized carbons (Fsp3) is 0.400. The molecule has 1 fully saturated rings. The molecule has 1 aliphatic carbocycles. The van der Waals surface area contributed by atoms with Gasteiger partial charge in [0.05, 0.1) is 12.2 Å². The normalized spacial score (nSPS) is 17.5. The van der Waals surface area contributed by atoms with E-state index in [9.17, 15) is 0 Å². The van der Waals surface area contributed by atoms with Crippen LogP contribution in [0.5, 0.6) is 0 Å². The zero-order valence-corrected chi connectivity index (χ0v) is 7.35. The van der Waals surface area contributed by atoms with Crippen LogP contribution in [0.3, 0.4) is 0 Å². The van der Waals surface area contributed by atoms with Crippen molar-refractivity contribution in [2.45, 2.75) is 25.3 Å². The SMILES string of the molecule is c1cnc2c(c1)cnn2C1CCC1. The Hall–Kier alpha value is -1.38. The van der Waals surface area contributed by atoms with Crippen LogP contribution in [0.2, 0.25) is 0 Å². The van der Waals surface area contributed by atoms with Crippen molar-refractivity contribution in [1.29, 1.82) is 0 Å². The Bertz CT molecular complexity index is 428. The summed E-state index contributed by atoms with van der Waals surface area (Å²) in [4.78, 5) is 4.34. The second kappa shape index (κ2) is 2.55. The maximum Gasteiger partial charge on any atom is 0.157 e. The minimum absolute atomic E-state index is 0.604. The van der Waals surface area contributed by atoms with Crippen LogP contribution in [0.1, 0.15) is 25.3 Å². The average Bonchev–Trinajstić information content (AvgIpc) is 2.47. The Balaban J connectivity index is 2.17. The summed E-state index contributed by atoms with van der Waals surface area (Å²) in [6, 6.07) is 4.62. The van der Waals surface area contributed by atoms with Gasteiger partial charge in [-0.3, -0.25) is 0 Å². The third kappa shape index (κ3) is 0.963. The fourth-order valence-electron chi connectivity index (χ4n) is 1.78. The molecular weight excluding hydrogens is 162 g/mol. The first kappa shape index (κ1) is 7.06. The molecule has 0 amide bonds. The van der Waals surface area contributed by atoms with Crippen LogP contribution in [0.15, 0.2) is 24.5 Å². The Morgan fingerprint density at radius 3 is 3.08 bits per heavy atom. The highest BCUT2D eigenvalue weighted by molar-refractivity contribution is 5.74. The average molecular weight is 173 g/mol. The number of hydrogen-bond donors (Lipinski definition) is 0. The molecule has 0 aliphatic heterocycles. The molecule has 2 aromatic rings. The van der Waals surface area contributed by atoms with Gasteiger partial charge >= 0.3 is 0 Å². The largest absolute Gasteiger partial charge is 0.244 e. The van der Waals surface area contributed by atoms with Gasteiger partial charge in [0.1, 0.15) is 0 Å². The lowest BCUT2D eigenvalue weighted by Crippen LogP contribution is -2.18. The Labute approximate surface area is 76.4 Å². The standard InChI is InChI=1S/C10H11N3/c1-4-9(5-1)13-10-8(7-12-13)3-2-6-11-10/h2-3,6-7,9H,1,4-5H2.